The van der Waals surface area contributed by atoms with E-state index in [1.165, 1.54) is 24.1 Å². The van der Waals surface area contributed by atoms with Gasteiger partial charge in [0.05, 0.1) is 24.9 Å². The number of methoxy groups -OCH3 is 1. The van der Waals surface area contributed by atoms with Gasteiger partial charge in [0, 0.05) is 18.6 Å². The van der Waals surface area contributed by atoms with E-state index in [0.29, 0.717) is 17.8 Å². The van der Waals surface area contributed by atoms with Crippen LogP contribution in [-0.4, -0.2) is 27.6 Å². The third kappa shape index (κ3) is 3.04. The first-order chi connectivity index (χ1) is 9.10. The lowest BCUT2D eigenvalue weighted by Gasteiger charge is -2.05. The SMILES string of the molecule is COC(=O)c1ccc(Cn2cc(C)cnc2=O)nc1. The first kappa shape index (κ1) is 12.9. The summed E-state index contributed by atoms with van der Waals surface area (Å²) in [6.07, 6.45) is 4.66. The van der Waals surface area contributed by atoms with Crippen molar-refractivity contribution in [2.45, 2.75) is 13.5 Å². The van der Waals surface area contributed by atoms with Gasteiger partial charge in [0.2, 0.25) is 0 Å². The molecule has 6 nitrogen and oxygen atoms in total. The van der Waals surface area contributed by atoms with Gasteiger partial charge < -0.3 is 4.74 Å². The van der Waals surface area contributed by atoms with Crippen molar-refractivity contribution in [2.75, 3.05) is 7.11 Å². The lowest BCUT2D eigenvalue weighted by Crippen LogP contribution is -2.23. The van der Waals surface area contributed by atoms with Gasteiger partial charge in [0.1, 0.15) is 0 Å². The molecule has 98 valence electrons. The maximum Gasteiger partial charge on any atom is 0.347 e. The zero-order valence-corrected chi connectivity index (χ0v) is 10.7. The maximum atomic E-state index is 11.5. The number of ether oxygens (including phenoxy) is 1. The van der Waals surface area contributed by atoms with E-state index in [4.69, 9.17) is 0 Å². The number of pyridine rings is 1. The largest absolute Gasteiger partial charge is 0.465 e. The molecule has 0 atom stereocenters. The second-order valence-corrected chi connectivity index (χ2v) is 4.07. The molecule has 2 aromatic rings. The smallest absolute Gasteiger partial charge is 0.347 e. The number of rotatable bonds is 3. The van der Waals surface area contributed by atoms with Crippen LogP contribution >= 0.6 is 0 Å². The topological polar surface area (TPSA) is 74.1 Å². The molecule has 0 aromatic carbocycles. The third-order valence-corrected chi connectivity index (χ3v) is 2.56. The highest BCUT2D eigenvalue weighted by Gasteiger charge is 2.06. The highest BCUT2D eigenvalue weighted by Crippen LogP contribution is 2.03. The van der Waals surface area contributed by atoms with Crippen LogP contribution in [0.25, 0.3) is 0 Å². The molecular weight excluding hydrogens is 246 g/mol. The molecule has 19 heavy (non-hydrogen) atoms. The Bertz CT molecular complexity index is 647. The van der Waals surface area contributed by atoms with Crippen LogP contribution in [0.2, 0.25) is 0 Å². The first-order valence-electron chi connectivity index (χ1n) is 5.66. The van der Waals surface area contributed by atoms with Crippen LogP contribution in [0.3, 0.4) is 0 Å². The zero-order valence-electron chi connectivity index (χ0n) is 10.7. The summed E-state index contributed by atoms with van der Waals surface area (Å²) < 4.78 is 6.05. The van der Waals surface area contributed by atoms with Crippen LogP contribution in [0.5, 0.6) is 0 Å². The molecule has 0 aliphatic carbocycles. The van der Waals surface area contributed by atoms with Crippen molar-refractivity contribution in [3.63, 3.8) is 0 Å². The summed E-state index contributed by atoms with van der Waals surface area (Å²) in [5, 5.41) is 0. The Morgan fingerprint density at radius 3 is 2.74 bits per heavy atom. The molecule has 2 aromatic heterocycles. The average molecular weight is 259 g/mol. The van der Waals surface area contributed by atoms with E-state index in [-0.39, 0.29) is 5.69 Å². The summed E-state index contributed by atoms with van der Waals surface area (Å²) in [6, 6.07) is 3.30. The minimum atomic E-state index is -0.437. The van der Waals surface area contributed by atoms with Crippen LogP contribution in [0, 0.1) is 6.92 Å². The van der Waals surface area contributed by atoms with E-state index in [1.54, 1.807) is 18.3 Å². The number of aryl methyl sites for hydroxylation is 1. The quantitative estimate of drug-likeness (QED) is 0.761. The Kier molecular flexibility index (Phi) is 3.70. The number of esters is 1. The van der Waals surface area contributed by atoms with Gasteiger partial charge in [-0.05, 0) is 24.6 Å². The molecule has 0 bridgehead atoms. The van der Waals surface area contributed by atoms with Crippen LogP contribution in [-0.2, 0) is 11.3 Å². The minimum absolute atomic E-state index is 0.314. The third-order valence-electron chi connectivity index (χ3n) is 2.56. The van der Waals surface area contributed by atoms with Gasteiger partial charge in [-0.25, -0.2) is 14.6 Å². The highest BCUT2D eigenvalue weighted by atomic mass is 16.5. The predicted octanol–water partition coefficient (Wildman–Crippen LogP) is 0.782. The number of hydrogen-bond acceptors (Lipinski definition) is 5. The Labute approximate surface area is 109 Å². The molecular formula is C13H13N3O3. The number of hydrogen-bond donors (Lipinski definition) is 0. The lowest BCUT2D eigenvalue weighted by atomic mass is 10.2. The monoisotopic (exact) mass is 259 g/mol. The fraction of sp³-hybridized carbons (Fsp3) is 0.231. The van der Waals surface area contributed by atoms with Crippen molar-refractivity contribution in [1.82, 2.24) is 14.5 Å². The normalized spacial score (nSPS) is 10.2. The van der Waals surface area contributed by atoms with Crippen molar-refractivity contribution < 1.29 is 9.53 Å². The van der Waals surface area contributed by atoms with E-state index < -0.39 is 5.97 Å². The molecule has 0 saturated heterocycles. The lowest BCUT2D eigenvalue weighted by molar-refractivity contribution is 0.0600. The Morgan fingerprint density at radius 1 is 1.32 bits per heavy atom. The van der Waals surface area contributed by atoms with Crippen molar-refractivity contribution in [1.29, 1.82) is 0 Å². The Hall–Kier alpha value is -2.50. The molecule has 6 heteroatoms. The molecule has 0 radical (unpaired) electrons. The van der Waals surface area contributed by atoms with Gasteiger partial charge in [0.15, 0.2) is 0 Å². The zero-order chi connectivity index (χ0) is 13.8. The van der Waals surface area contributed by atoms with E-state index in [9.17, 15) is 9.59 Å². The minimum Gasteiger partial charge on any atom is -0.465 e. The van der Waals surface area contributed by atoms with Crippen LogP contribution in [0.4, 0.5) is 0 Å². The fourth-order valence-electron chi connectivity index (χ4n) is 1.61. The second kappa shape index (κ2) is 5.43. The van der Waals surface area contributed by atoms with E-state index in [1.807, 2.05) is 6.92 Å². The summed E-state index contributed by atoms with van der Waals surface area (Å²) in [6.45, 7) is 2.17. The fourth-order valence-corrected chi connectivity index (χ4v) is 1.61. The highest BCUT2D eigenvalue weighted by molar-refractivity contribution is 5.88. The molecule has 2 rings (SSSR count). The van der Waals surface area contributed by atoms with Crippen molar-refractivity contribution in [3.05, 3.63) is 58.0 Å². The second-order valence-electron chi connectivity index (χ2n) is 4.07. The molecule has 0 spiro atoms. The number of carbonyl (C=O) groups is 1. The van der Waals surface area contributed by atoms with Crippen molar-refractivity contribution >= 4 is 5.97 Å². The number of aromatic nitrogens is 3. The van der Waals surface area contributed by atoms with Crippen molar-refractivity contribution in [3.8, 4) is 0 Å². The van der Waals surface area contributed by atoms with E-state index in [2.05, 4.69) is 14.7 Å². The molecule has 0 saturated carbocycles. The number of nitrogens with zero attached hydrogens (tertiary/aromatic N) is 3. The summed E-state index contributed by atoms with van der Waals surface area (Å²) in [7, 11) is 1.31. The van der Waals surface area contributed by atoms with Crippen molar-refractivity contribution in [2.24, 2.45) is 0 Å². The summed E-state index contributed by atoms with van der Waals surface area (Å²) >= 11 is 0. The number of carbonyl (C=O) groups excluding carboxylic acids is 1. The average Bonchev–Trinajstić information content (AvgIpc) is 2.43. The Balaban J connectivity index is 2.22. The van der Waals surface area contributed by atoms with Gasteiger partial charge in [-0.3, -0.25) is 9.55 Å². The van der Waals surface area contributed by atoms with Gasteiger partial charge in [0.25, 0.3) is 0 Å². The standard InChI is InChI=1S/C13H13N3O3/c1-9-5-15-13(18)16(7-9)8-11-4-3-10(6-14-11)12(17)19-2/h3-7H,8H2,1-2H3. The van der Waals surface area contributed by atoms with E-state index >= 15 is 0 Å². The van der Waals surface area contributed by atoms with Crippen LogP contribution in [0.1, 0.15) is 21.6 Å². The molecule has 0 aliphatic heterocycles. The maximum absolute atomic E-state index is 11.5. The molecule has 0 fully saturated rings. The molecule has 0 N–H and O–H groups in total. The summed E-state index contributed by atoms with van der Waals surface area (Å²) in [4.78, 5) is 30.7. The van der Waals surface area contributed by atoms with Gasteiger partial charge in [-0.15, -0.1) is 0 Å². The predicted molar refractivity (Wildman–Crippen MR) is 67.9 cm³/mol. The Morgan fingerprint density at radius 2 is 2.11 bits per heavy atom. The molecule has 0 amide bonds. The summed E-state index contributed by atoms with van der Waals surface area (Å²) in [5.41, 5.74) is 1.61. The summed E-state index contributed by atoms with van der Waals surface area (Å²) in [5.74, 6) is -0.437. The van der Waals surface area contributed by atoms with Gasteiger partial charge >= 0.3 is 11.7 Å². The van der Waals surface area contributed by atoms with Crippen LogP contribution < -0.4 is 5.69 Å². The molecule has 0 aliphatic rings. The van der Waals surface area contributed by atoms with Gasteiger partial charge in [-0.2, -0.15) is 0 Å². The molecule has 2 heterocycles. The first-order valence-corrected chi connectivity index (χ1v) is 5.66. The van der Waals surface area contributed by atoms with Gasteiger partial charge in [-0.1, -0.05) is 0 Å². The van der Waals surface area contributed by atoms with Crippen LogP contribution in [0.15, 0.2) is 35.5 Å². The molecule has 0 unspecified atom stereocenters. The van der Waals surface area contributed by atoms with E-state index in [0.717, 1.165) is 5.56 Å².